The van der Waals surface area contributed by atoms with Gasteiger partial charge in [-0.25, -0.2) is 14.1 Å². The number of fused-ring (bicyclic) bond motifs is 1. The number of amidine groups is 1. The quantitative estimate of drug-likeness (QED) is 0.412. The molecule has 0 aliphatic carbocycles. The average Bonchev–Trinajstić information content (AvgIpc) is 3.69. The van der Waals surface area contributed by atoms with Crippen molar-refractivity contribution < 1.29 is 26.7 Å². The second-order valence-electron chi connectivity index (χ2n) is 10.4. The number of hydrogen-bond donors (Lipinski definition) is 2. The lowest BCUT2D eigenvalue weighted by atomic mass is 9.92. The van der Waals surface area contributed by atoms with Crippen molar-refractivity contribution in [1.29, 1.82) is 0 Å². The first kappa shape index (κ1) is 28.3. The lowest BCUT2D eigenvalue weighted by Gasteiger charge is -2.32. The van der Waals surface area contributed by atoms with Crippen molar-refractivity contribution in [3.8, 4) is 0 Å². The Hall–Kier alpha value is -2.82. The molecule has 3 aliphatic heterocycles. The fourth-order valence-electron chi connectivity index (χ4n) is 5.43. The molecule has 1 aromatic carbocycles. The molecule has 0 amide bonds. The second-order valence-corrected chi connectivity index (χ2v) is 13.4. The first-order valence-corrected chi connectivity index (χ1v) is 15.4. The highest BCUT2D eigenvalue weighted by molar-refractivity contribution is 7.87. The van der Waals surface area contributed by atoms with Gasteiger partial charge in [0.2, 0.25) is 0 Å². The summed E-state index contributed by atoms with van der Waals surface area (Å²) in [5.41, 5.74) is 0.573. The number of β-amino-alcohol motifs (C(OH)–C–C–N with tert-alkyl or cyclic N) is 1. The first-order chi connectivity index (χ1) is 19.4. The fraction of sp³-hybridized carbons (Fsp3) is 0.400. The highest BCUT2D eigenvalue weighted by atomic mass is 35.5. The number of rotatable bonds is 7. The van der Waals surface area contributed by atoms with Gasteiger partial charge in [0.05, 0.1) is 11.3 Å². The molecule has 10 nitrogen and oxygen atoms in total. The summed E-state index contributed by atoms with van der Waals surface area (Å²) in [6.45, 7) is -0.966. The predicted molar refractivity (Wildman–Crippen MR) is 147 cm³/mol. The molecule has 2 fully saturated rings. The van der Waals surface area contributed by atoms with E-state index in [1.165, 1.54) is 33.8 Å². The summed E-state index contributed by atoms with van der Waals surface area (Å²) in [5.74, 6) is -0.101. The smallest absolute Gasteiger partial charge is 0.333 e. The van der Waals surface area contributed by atoms with Gasteiger partial charge in [-0.05, 0) is 31.5 Å². The average molecular weight is 628 g/mol. The monoisotopic (exact) mass is 627 g/mol. The van der Waals surface area contributed by atoms with Crippen LogP contribution in [0.4, 0.5) is 13.2 Å². The van der Waals surface area contributed by atoms with Crippen molar-refractivity contribution in [2.75, 3.05) is 19.6 Å². The van der Waals surface area contributed by atoms with Gasteiger partial charge in [0, 0.05) is 71.7 Å². The maximum Gasteiger partial charge on any atom is 0.333 e. The molecule has 16 heteroatoms. The molecule has 2 aromatic heterocycles. The van der Waals surface area contributed by atoms with Gasteiger partial charge in [-0.3, -0.25) is 4.99 Å². The van der Waals surface area contributed by atoms with Gasteiger partial charge < -0.3 is 10.0 Å². The van der Waals surface area contributed by atoms with E-state index >= 15 is 0 Å². The SMILES string of the molecule is CC1(O)CCN(S(=O)(=O)N[C@H]2CC3=C(c4ccn(C(F)F)n4)[C@H](c4ccc(F)cc4Cl)N=C(c4nccs4)N3C2)C1. The Morgan fingerprint density at radius 2 is 2.10 bits per heavy atom. The lowest BCUT2D eigenvalue weighted by Crippen LogP contribution is -2.46. The Morgan fingerprint density at radius 3 is 2.73 bits per heavy atom. The van der Waals surface area contributed by atoms with Crippen molar-refractivity contribution in [2.24, 2.45) is 4.99 Å². The van der Waals surface area contributed by atoms with Crippen LogP contribution in [0.25, 0.3) is 5.57 Å². The van der Waals surface area contributed by atoms with Crippen molar-refractivity contribution >= 4 is 44.6 Å². The van der Waals surface area contributed by atoms with Gasteiger partial charge >= 0.3 is 6.55 Å². The highest BCUT2D eigenvalue weighted by Gasteiger charge is 2.44. The van der Waals surface area contributed by atoms with E-state index in [1.807, 2.05) is 4.90 Å². The molecule has 3 aliphatic rings. The largest absolute Gasteiger partial charge is 0.389 e. The molecule has 5 heterocycles. The summed E-state index contributed by atoms with van der Waals surface area (Å²) in [6, 6.07) is 3.82. The molecule has 1 unspecified atom stereocenters. The van der Waals surface area contributed by atoms with Gasteiger partial charge in [0.1, 0.15) is 11.9 Å². The number of aliphatic imine (C=N–C) groups is 1. The van der Waals surface area contributed by atoms with E-state index < -0.39 is 40.3 Å². The number of aromatic nitrogens is 3. The van der Waals surface area contributed by atoms with E-state index in [1.54, 1.807) is 18.5 Å². The Bertz CT molecular complexity index is 1640. The van der Waals surface area contributed by atoms with Gasteiger partial charge in [-0.2, -0.15) is 31.3 Å². The number of nitrogens with zero attached hydrogens (tertiary/aromatic N) is 6. The molecule has 0 spiro atoms. The zero-order valence-electron chi connectivity index (χ0n) is 21.6. The fourth-order valence-corrected chi connectivity index (χ4v) is 7.85. The third-order valence-electron chi connectivity index (χ3n) is 7.30. The molecule has 0 saturated carbocycles. The maximum atomic E-state index is 14.0. The van der Waals surface area contributed by atoms with Gasteiger partial charge in [-0.15, -0.1) is 11.3 Å². The normalized spacial score (nSPS) is 25.3. The number of hydrogen-bond acceptors (Lipinski definition) is 8. The molecule has 3 aromatic rings. The molecule has 0 bridgehead atoms. The zero-order valence-corrected chi connectivity index (χ0v) is 24.0. The Labute approximate surface area is 243 Å². The molecule has 2 N–H and O–H groups in total. The van der Waals surface area contributed by atoms with Crippen molar-refractivity contribution in [3.05, 3.63) is 74.8 Å². The second kappa shape index (κ2) is 10.5. The molecular formula is C25H25ClF3N7O3S2. The number of benzene rings is 1. The molecule has 2 saturated heterocycles. The lowest BCUT2D eigenvalue weighted by molar-refractivity contribution is 0.0564. The molecule has 3 atom stereocenters. The molecule has 6 rings (SSSR count). The molecule has 0 radical (unpaired) electrons. The van der Waals surface area contributed by atoms with E-state index in [2.05, 4.69) is 14.8 Å². The van der Waals surface area contributed by atoms with Gasteiger partial charge in [0.25, 0.3) is 10.2 Å². The van der Waals surface area contributed by atoms with Crippen molar-refractivity contribution in [3.63, 3.8) is 0 Å². The summed E-state index contributed by atoms with van der Waals surface area (Å²) in [4.78, 5) is 11.2. The molecular weight excluding hydrogens is 603 g/mol. The minimum absolute atomic E-state index is 0.0330. The van der Waals surface area contributed by atoms with Crippen LogP contribution in [0.5, 0.6) is 0 Å². The Kier molecular flexibility index (Phi) is 7.23. The number of thiazole rings is 1. The van der Waals surface area contributed by atoms with Crippen LogP contribution < -0.4 is 4.72 Å². The summed E-state index contributed by atoms with van der Waals surface area (Å²) in [5, 5.41) is 16.8. The van der Waals surface area contributed by atoms with Crippen LogP contribution in [0.2, 0.25) is 5.02 Å². The standard InChI is InChI=1S/C25H25ClF3N7O3S2/c1-25(37)5-8-34(13-25)41(38,39)33-15-11-19-20(18-4-7-36(32-18)24(28)29)21(16-3-2-14(27)10-17(16)26)31-22(35(19)12-15)23-30-6-9-40-23/h2-4,6-7,9-10,15,21,24,33,37H,5,8,11-13H2,1H3/t15-,21-,25?/m0/s1. The van der Waals surface area contributed by atoms with E-state index in [-0.39, 0.29) is 36.8 Å². The van der Waals surface area contributed by atoms with Gasteiger partial charge in [-0.1, -0.05) is 17.7 Å². The van der Waals surface area contributed by atoms with E-state index in [0.717, 1.165) is 12.3 Å². The number of halogens is 4. The van der Waals surface area contributed by atoms with Crippen LogP contribution >= 0.6 is 22.9 Å². The van der Waals surface area contributed by atoms with E-state index in [4.69, 9.17) is 16.6 Å². The van der Waals surface area contributed by atoms with Crippen LogP contribution in [0, 0.1) is 5.82 Å². The minimum atomic E-state index is -3.96. The summed E-state index contributed by atoms with van der Waals surface area (Å²) in [6.07, 6.45) is 3.25. The van der Waals surface area contributed by atoms with Crippen LogP contribution in [-0.2, 0) is 10.2 Å². The van der Waals surface area contributed by atoms with Crippen molar-refractivity contribution in [2.45, 2.75) is 44.0 Å². The summed E-state index contributed by atoms with van der Waals surface area (Å²) in [7, 11) is -3.96. The number of aliphatic hydroxyl groups is 1. The Morgan fingerprint density at radius 1 is 1.29 bits per heavy atom. The van der Waals surface area contributed by atoms with Crippen LogP contribution in [0.1, 0.15) is 48.6 Å². The molecule has 41 heavy (non-hydrogen) atoms. The van der Waals surface area contributed by atoms with Gasteiger partial charge in [0.15, 0.2) is 10.8 Å². The minimum Gasteiger partial charge on any atom is -0.389 e. The number of nitrogens with one attached hydrogen (secondary N) is 1. The maximum absolute atomic E-state index is 14.0. The van der Waals surface area contributed by atoms with Crippen molar-refractivity contribution in [1.82, 2.24) is 28.7 Å². The predicted octanol–water partition coefficient (Wildman–Crippen LogP) is 3.81. The first-order valence-electron chi connectivity index (χ1n) is 12.7. The summed E-state index contributed by atoms with van der Waals surface area (Å²) >= 11 is 7.81. The third-order valence-corrected chi connectivity index (χ3v) is 10.0. The summed E-state index contributed by atoms with van der Waals surface area (Å²) < 4.78 is 72.0. The third kappa shape index (κ3) is 5.42. The van der Waals surface area contributed by atoms with E-state index in [0.29, 0.717) is 38.8 Å². The highest BCUT2D eigenvalue weighted by Crippen LogP contribution is 2.46. The zero-order chi connectivity index (χ0) is 29.1. The number of alkyl halides is 2. The van der Waals surface area contributed by atoms with Crippen LogP contribution in [0.3, 0.4) is 0 Å². The van der Waals surface area contributed by atoms with Crippen LogP contribution in [0.15, 0.2) is 52.7 Å². The van der Waals surface area contributed by atoms with E-state index in [9.17, 15) is 26.7 Å². The van der Waals surface area contributed by atoms with Crippen LogP contribution in [-0.4, -0.2) is 74.6 Å². The topological polar surface area (TPSA) is 116 Å². The Balaban J connectivity index is 1.46. The molecule has 218 valence electrons.